The van der Waals surface area contributed by atoms with E-state index >= 15 is 0 Å². The highest BCUT2D eigenvalue weighted by molar-refractivity contribution is 9.11. The van der Waals surface area contributed by atoms with Gasteiger partial charge in [0.2, 0.25) is 0 Å². The highest BCUT2D eigenvalue weighted by Crippen LogP contribution is 2.26. The van der Waals surface area contributed by atoms with Gasteiger partial charge in [0, 0.05) is 26.4 Å². The number of thiazole rings is 2. The average molecular weight is 535 g/mol. The largest absolute Gasteiger partial charge is 0.298 e. The van der Waals surface area contributed by atoms with Crippen LogP contribution in [0, 0.1) is 0 Å². The summed E-state index contributed by atoms with van der Waals surface area (Å²) in [6.07, 6.45) is 7.00. The number of fused-ring (bicyclic) bond motifs is 2. The van der Waals surface area contributed by atoms with Gasteiger partial charge < -0.3 is 0 Å². The lowest BCUT2D eigenvalue weighted by Gasteiger charge is -2.11. The number of hydrogen-bond donors (Lipinski definition) is 0. The highest BCUT2D eigenvalue weighted by atomic mass is 79.9. The van der Waals surface area contributed by atoms with Gasteiger partial charge in [0.1, 0.15) is 28.0 Å². The predicted molar refractivity (Wildman–Crippen MR) is 111 cm³/mol. The molecule has 27 heavy (non-hydrogen) atoms. The first-order valence-corrected chi connectivity index (χ1v) is 10.6. The number of nitrogens with zero attached hydrogens (tertiary/aromatic N) is 5. The monoisotopic (exact) mass is 533 g/mol. The van der Waals surface area contributed by atoms with Crippen LogP contribution in [0.4, 0.5) is 0 Å². The Labute approximate surface area is 178 Å². The minimum Gasteiger partial charge on any atom is -0.295 e. The number of imidazole rings is 2. The fourth-order valence-electron chi connectivity index (χ4n) is 2.16. The molecule has 0 bridgehead atoms. The molecule has 142 valence electrons. The number of aromatic nitrogens is 4. The van der Waals surface area contributed by atoms with E-state index in [2.05, 4.69) is 41.8 Å². The molecule has 4 aromatic rings. The fourth-order valence-corrected chi connectivity index (χ4v) is 5.17. The molecule has 4 heterocycles. The number of rotatable bonds is 3. The van der Waals surface area contributed by atoms with Crippen LogP contribution in [0.1, 0.15) is 27.9 Å². The third-order valence-electron chi connectivity index (χ3n) is 3.46. The summed E-state index contributed by atoms with van der Waals surface area (Å²) >= 11 is 9.67. The summed E-state index contributed by atoms with van der Waals surface area (Å²) in [6.45, 7) is 1.52. The van der Waals surface area contributed by atoms with Crippen LogP contribution in [0.15, 0.2) is 32.6 Å². The molecule has 0 fully saturated rings. The normalized spacial score (nSPS) is 10.9. The van der Waals surface area contributed by atoms with Crippen molar-refractivity contribution in [1.29, 1.82) is 0 Å². The molecule has 8 nitrogen and oxygen atoms in total. The molecule has 0 aromatic carbocycles. The van der Waals surface area contributed by atoms with E-state index in [1.165, 1.54) is 36.7 Å². The van der Waals surface area contributed by atoms with Gasteiger partial charge in [0.05, 0.1) is 14.7 Å². The summed E-state index contributed by atoms with van der Waals surface area (Å²) in [4.78, 5) is 37.4. The van der Waals surface area contributed by atoms with Crippen molar-refractivity contribution >= 4 is 75.9 Å². The van der Waals surface area contributed by atoms with E-state index in [0.29, 0.717) is 11.4 Å². The lowest BCUT2D eigenvalue weighted by Crippen LogP contribution is -2.25. The van der Waals surface area contributed by atoms with Gasteiger partial charge in [-0.25, -0.2) is 15.0 Å². The second-order valence-corrected chi connectivity index (χ2v) is 10.0. The topological polar surface area (TPSA) is 81.2 Å². The van der Waals surface area contributed by atoms with Crippen LogP contribution in [-0.2, 0) is 4.84 Å². The standard InChI is InChI=1S/C8H8BrN3O2S.C7H5BrN2OS/c1-11(14-2)7(13)6-8-12(4-10-6)3-5(9)15-8;1-4(11)6-7-10(3-9-6)2-5(8)12-7/h3-4H,1-2H3;2-3H,1H3. The summed E-state index contributed by atoms with van der Waals surface area (Å²) in [6, 6.07) is 0. The van der Waals surface area contributed by atoms with Crippen molar-refractivity contribution in [3.63, 3.8) is 0 Å². The smallest absolute Gasteiger partial charge is 0.295 e. The van der Waals surface area contributed by atoms with Crippen molar-refractivity contribution in [2.45, 2.75) is 6.92 Å². The summed E-state index contributed by atoms with van der Waals surface area (Å²) in [5.41, 5.74) is 0.945. The lowest BCUT2D eigenvalue weighted by atomic mass is 10.3. The maximum atomic E-state index is 11.8. The molecule has 4 aromatic heterocycles. The SMILES string of the molecule is CC(=O)c1ncn2cc(Br)sc12.CON(C)C(=O)c1ncn2cc(Br)sc12. The van der Waals surface area contributed by atoms with Crippen molar-refractivity contribution in [3.05, 3.63) is 44.0 Å². The molecular formula is C15H13Br2N5O3S2. The molecule has 0 unspecified atom stereocenters. The number of hydroxylamine groups is 2. The molecule has 0 aliphatic heterocycles. The van der Waals surface area contributed by atoms with Gasteiger partial charge in [0.25, 0.3) is 5.91 Å². The molecule has 4 rings (SSSR count). The number of amides is 1. The van der Waals surface area contributed by atoms with Crippen molar-refractivity contribution < 1.29 is 14.4 Å². The quantitative estimate of drug-likeness (QED) is 0.291. The average Bonchev–Trinajstić information content (AvgIpc) is 3.34. The molecule has 0 atom stereocenters. The Morgan fingerprint density at radius 2 is 1.52 bits per heavy atom. The Balaban J connectivity index is 0.000000159. The van der Waals surface area contributed by atoms with Gasteiger partial charge in [0.15, 0.2) is 11.5 Å². The first-order chi connectivity index (χ1) is 12.8. The molecule has 1 amide bonds. The van der Waals surface area contributed by atoms with E-state index < -0.39 is 0 Å². The molecule has 0 N–H and O–H groups in total. The van der Waals surface area contributed by atoms with Gasteiger partial charge in [-0.1, -0.05) is 0 Å². The summed E-state index contributed by atoms with van der Waals surface area (Å²) in [7, 11) is 2.99. The second kappa shape index (κ2) is 8.19. The Kier molecular flexibility index (Phi) is 6.11. The van der Waals surface area contributed by atoms with Crippen LogP contribution >= 0.6 is 54.5 Å². The Morgan fingerprint density at radius 3 is 2.00 bits per heavy atom. The zero-order valence-electron chi connectivity index (χ0n) is 14.3. The van der Waals surface area contributed by atoms with Crippen LogP contribution in [-0.4, -0.2) is 49.7 Å². The number of carbonyl (C=O) groups excluding carboxylic acids is 2. The molecule has 0 saturated carbocycles. The molecule has 0 radical (unpaired) electrons. The third-order valence-corrected chi connectivity index (χ3v) is 6.64. The first-order valence-electron chi connectivity index (χ1n) is 7.39. The maximum Gasteiger partial charge on any atom is 0.298 e. The second-order valence-electron chi connectivity index (χ2n) is 5.22. The number of halogens is 2. The molecule has 12 heteroatoms. The van der Waals surface area contributed by atoms with Gasteiger partial charge >= 0.3 is 0 Å². The number of carbonyl (C=O) groups is 2. The van der Waals surface area contributed by atoms with Gasteiger partial charge in [-0.15, -0.1) is 22.7 Å². The van der Waals surface area contributed by atoms with Crippen molar-refractivity contribution in [2.75, 3.05) is 14.2 Å². The summed E-state index contributed by atoms with van der Waals surface area (Å²) in [5.74, 6) is -0.249. The lowest BCUT2D eigenvalue weighted by molar-refractivity contribution is -0.0758. The Hall–Kier alpha value is -1.60. The molecular weight excluding hydrogens is 522 g/mol. The van der Waals surface area contributed by atoms with E-state index in [1.807, 2.05) is 16.8 Å². The van der Waals surface area contributed by atoms with Crippen LogP contribution in [0.25, 0.3) is 9.66 Å². The number of hydrogen-bond acceptors (Lipinski definition) is 7. The summed E-state index contributed by atoms with van der Waals surface area (Å²) < 4.78 is 5.59. The minimum atomic E-state index is -0.255. The molecule has 0 aliphatic carbocycles. The van der Waals surface area contributed by atoms with E-state index in [-0.39, 0.29) is 11.7 Å². The van der Waals surface area contributed by atoms with E-state index in [1.54, 1.807) is 24.1 Å². The predicted octanol–water partition coefficient (Wildman–Crippen LogP) is 4.15. The van der Waals surface area contributed by atoms with Crippen LogP contribution in [0.2, 0.25) is 0 Å². The van der Waals surface area contributed by atoms with Crippen LogP contribution in [0.5, 0.6) is 0 Å². The van der Waals surface area contributed by atoms with Gasteiger partial charge in [-0.2, -0.15) is 0 Å². The fraction of sp³-hybridized carbons (Fsp3) is 0.200. The highest BCUT2D eigenvalue weighted by Gasteiger charge is 2.19. The summed E-state index contributed by atoms with van der Waals surface area (Å²) in [5, 5.41) is 1.15. The Morgan fingerprint density at radius 1 is 1.04 bits per heavy atom. The Bertz CT molecular complexity index is 1130. The number of Topliss-reactive ketones (excluding diaryl/α,β-unsaturated/α-hetero) is 1. The van der Waals surface area contributed by atoms with Gasteiger partial charge in [-0.3, -0.25) is 23.2 Å². The van der Waals surface area contributed by atoms with E-state index in [0.717, 1.165) is 22.3 Å². The van der Waals surface area contributed by atoms with Crippen molar-refractivity contribution in [3.8, 4) is 0 Å². The van der Waals surface area contributed by atoms with Crippen LogP contribution < -0.4 is 0 Å². The molecule has 0 aliphatic rings. The first kappa shape index (κ1) is 20.1. The van der Waals surface area contributed by atoms with Crippen LogP contribution in [0.3, 0.4) is 0 Å². The number of ketones is 1. The minimum absolute atomic E-state index is 0.00634. The molecule has 0 saturated heterocycles. The zero-order chi connectivity index (χ0) is 19.7. The van der Waals surface area contributed by atoms with Crippen molar-refractivity contribution in [1.82, 2.24) is 23.8 Å². The maximum absolute atomic E-state index is 11.8. The van der Waals surface area contributed by atoms with E-state index in [4.69, 9.17) is 4.84 Å². The third kappa shape index (κ3) is 4.14. The van der Waals surface area contributed by atoms with Crippen molar-refractivity contribution in [2.24, 2.45) is 0 Å². The van der Waals surface area contributed by atoms with Gasteiger partial charge in [-0.05, 0) is 31.9 Å². The molecule has 0 spiro atoms. The van der Waals surface area contributed by atoms with E-state index in [9.17, 15) is 9.59 Å². The zero-order valence-corrected chi connectivity index (χ0v) is 19.1.